The molecule has 0 atom stereocenters. The van der Waals surface area contributed by atoms with Gasteiger partial charge in [0.15, 0.2) is 5.82 Å². The SMILES string of the molecule is CNCc1noc(C2CCSCC2)n1. The maximum Gasteiger partial charge on any atom is 0.229 e. The molecular formula is C9H15N3OS. The molecule has 0 unspecified atom stereocenters. The summed E-state index contributed by atoms with van der Waals surface area (Å²) in [6, 6.07) is 0. The number of thioether (sulfide) groups is 1. The highest BCUT2D eigenvalue weighted by Gasteiger charge is 2.21. The van der Waals surface area contributed by atoms with Gasteiger partial charge < -0.3 is 9.84 Å². The van der Waals surface area contributed by atoms with Crippen LogP contribution in [0.2, 0.25) is 0 Å². The van der Waals surface area contributed by atoms with Crippen molar-refractivity contribution in [1.29, 1.82) is 0 Å². The van der Waals surface area contributed by atoms with Gasteiger partial charge in [0.25, 0.3) is 0 Å². The molecular weight excluding hydrogens is 198 g/mol. The second-order valence-corrected chi connectivity index (χ2v) is 4.69. The summed E-state index contributed by atoms with van der Waals surface area (Å²) in [7, 11) is 1.88. The van der Waals surface area contributed by atoms with Crippen LogP contribution in [0.5, 0.6) is 0 Å². The molecule has 0 aliphatic carbocycles. The van der Waals surface area contributed by atoms with Gasteiger partial charge in [-0.3, -0.25) is 0 Å². The van der Waals surface area contributed by atoms with E-state index in [4.69, 9.17) is 4.52 Å². The van der Waals surface area contributed by atoms with Crippen LogP contribution in [0.25, 0.3) is 0 Å². The Labute approximate surface area is 87.8 Å². The average molecular weight is 213 g/mol. The van der Waals surface area contributed by atoms with Crippen molar-refractivity contribution < 1.29 is 4.52 Å². The van der Waals surface area contributed by atoms with Crippen LogP contribution < -0.4 is 5.32 Å². The van der Waals surface area contributed by atoms with Gasteiger partial charge in [0.05, 0.1) is 6.54 Å². The van der Waals surface area contributed by atoms with Gasteiger partial charge in [-0.15, -0.1) is 0 Å². The predicted octanol–water partition coefficient (Wildman–Crippen LogP) is 1.40. The van der Waals surface area contributed by atoms with Crippen LogP contribution in [-0.4, -0.2) is 28.7 Å². The molecule has 0 radical (unpaired) electrons. The Hall–Kier alpha value is -0.550. The molecule has 0 spiro atoms. The number of nitrogens with zero attached hydrogens (tertiary/aromatic N) is 2. The van der Waals surface area contributed by atoms with Crippen molar-refractivity contribution in [3.05, 3.63) is 11.7 Å². The quantitative estimate of drug-likeness (QED) is 0.822. The fourth-order valence-corrected chi connectivity index (χ4v) is 2.71. The van der Waals surface area contributed by atoms with Crippen LogP contribution in [0.4, 0.5) is 0 Å². The van der Waals surface area contributed by atoms with Crippen molar-refractivity contribution in [2.75, 3.05) is 18.6 Å². The van der Waals surface area contributed by atoms with E-state index in [1.807, 2.05) is 18.8 Å². The Kier molecular flexibility index (Phi) is 3.42. The molecule has 1 N–H and O–H groups in total. The van der Waals surface area contributed by atoms with E-state index in [0.29, 0.717) is 12.5 Å². The molecule has 14 heavy (non-hydrogen) atoms. The first kappa shape index (κ1) is 9.98. The Morgan fingerprint density at radius 1 is 1.50 bits per heavy atom. The summed E-state index contributed by atoms with van der Waals surface area (Å²) in [4.78, 5) is 4.37. The first-order chi connectivity index (χ1) is 6.90. The standard InChI is InChI=1S/C9H15N3OS/c1-10-6-8-11-9(13-12-8)7-2-4-14-5-3-7/h7,10H,2-6H2,1H3. The lowest BCUT2D eigenvalue weighted by molar-refractivity contribution is 0.341. The van der Waals surface area contributed by atoms with Crippen molar-refractivity contribution in [3.63, 3.8) is 0 Å². The smallest absolute Gasteiger partial charge is 0.229 e. The Morgan fingerprint density at radius 3 is 3.00 bits per heavy atom. The zero-order chi connectivity index (χ0) is 9.80. The van der Waals surface area contributed by atoms with Crippen LogP contribution in [0.1, 0.15) is 30.5 Å². The molecule has 1 fully saturated rings. The number of hydrogen-bond acceptors (Lipinski definition) is 5. The van der Waals surface area contributed by atoms with Crippen molar-refractivity contribution in [2.45, 2.75) is 25.3 Å². The van der Waals surface area contributed by atoms with E-state index in [1.54, 1.807) is 0 Å². The molecule has 1 saturated heterocycles. The lowest BCUT2D eigenvalue weighted by Gasteiger charge is -2.16. The fourth-order valence-electron chi connectivity index (χ4n) is 1.61. The van der Waals surface area contributed by atoms with E-state index in [-0.39, 0.29) is 0 Å². The monoisotopic (exact) mass is 213 g/mol. The van der Waals surface area contributed by atoms with Crippen molar-refractivity contribution in [3.8, 4) is 0 Å². The van der Waals surface area contributed by atoms with E-state index in [9.17, 15) is 0 Å². The van der Waals surface area contributed by atoms with Crippen molar-refractivity contribution in [1.82, 2.24) is 15.5 Å². The van der Waals surface area contributed by atoms with Gasteiger partial charge in [-0.05, 0) is 31.4 Å². The summed E-state index contributed by atoms with van der Waals surface area (Å²) in [6.45, 7) is 0.685. The van der Waals surface area contributed by atoms with E-state index >= 15 is 0 Å². The van der Waals surface area contributed by atoms with Gasteiger partial charge in [0.1, 0.15) is 0 Å². The molecule has 1 aromatic heterocycles. The highest BCUT2D eigenvalue weighted by Crippen LogP contribution is 2.30. The van der Waals surface area contributed by atoms with Crippen LogP contribution in [0.15, 0.2) is 4.52 Å². The van der Waals surface area contributed by atoms with E-state index < -0.39 is 0 Å². The summed E-state index contributed by atoms with van der Waals surface area (Å²) in [6.07, 6.45) is 2.34. The topological polar surface area (TPSA) is 51.0 Å². The molecule has 2 rings (SSSR count). The molecule has 0 amide bonds. The number of aromatic nitrogens is 2. The fraction of sp³-hybridized carbons (Fsp3) is 0.778. The Balaban J connectivity index is 2.00. The lowest BCUT2D eigenvalue weighted by atomic mass is 10.0. The summed E-state index contributed by atoms with van der Waals surface area (Å²) in [5.74, 6) is 4.52. The van der Waals surface area contributed by atoms with Gasteiger partial charge in [-0.1, -0.05) is 5.16 Å². The summed E-state index contributed by atoms with van der Waals surface area (Å²) in [5.41, 5.74) is 0. The van der Waals surface area contributed by atoms with Gasteiger partial charge in [0, 0.05) is 5.92 Å². The average Bonchev–Trinajstić information content (AvgIpc) is 2.68. The lowest BCUT2D eigenvalue weighted by Crippen LogP contribution is -2.09. The third kappa shape index (κ3) is 2.27. The minimum Gasteiger partial charge on any atom is -0.339 e. The van der Waals surface area contributed by atoms with E-state index in [2.05, 4.69) is 15.5 Å². The largest absolute Gasteiger partial charge is 0.339 e. The van der Waals surface area contributed by atoms with Crippen LogP contribution in [0, 0.1) is 0 Å². The van der Waals surface area contributed by atoms with Gasteiger partial charge >= 0.3 is 0 Å². The van der Waals surface area contributed by atoms with Crippen LogP contribution >= 0.6 is 11.8 Å². The molecule has 4 nitrogen and oxygen atoms in total. The first-order valence-corrected chi connectivity index (χ1v) is 6.10. The van der Waals surface area contributed by atoms with Gasteiger partial charge in [0.2, 0.25) is 5.89 Å². The highest BCUT2D eigenvalue weighted by molar-refractivity contribution is 7.99. The third-order valence-corrected chi connectivity index (χ3v) is 3.44. The molecule has 2 heterocycles. The van der Waals surface area contributed by atoms with E-state index in [1.165, 1.54) is 24.3 Å². The van der Waals surface area contributed by atoms with Gasteiger partial charge in [-0.2, -0.15) is 16.7 Å². The normalized spacial score (nSPS) is 18.6. The summed E-state index contributed by atoms with van der Waals surface area (Å²) in [5, 5.41) is 6.94. The van der Waals surface area contributed by atoms with Crippen molar-refractivity contribution >= 4 is 11.8 Å². The molecule has 1 aliphatic heterocycles. The number of hydrogen-bond donors (Lipinski definition) is 1. The second kappa shape index (κ2) is 4.79. The maximum absolute atomic E-state index is 5.25. The number of nitrogens with one attached hydrogen (secondary N) is 1. The van der Waals surface area contributed by atoms with Crippen molar-refractivity contribution in [2.24, 2.45) is 0 Å². The molecule has 1 aliphatic rings. The third-order valence-electron chi connectivity index (χ3n) is 2.39. The molecule has 0 saturated carbocycles. The number of rotatable bonds is 3. The van der Waals surface area contributed by atoms with Crippen LogP contribution in [-0.2, 0) is 6.54 Å². The second-order valence-electron chi connectivity index (χ2n) is 3.47. The molecule has 78 valence electrons. The predicted molar refractivity (Wildman–Crippen MR) is 56.4 cm³/mol. The Bertz CT molecular complexity index is 283. The molecule has 0 aromatic carbocycles. The highest BCUT2D eigenvalue weighted by atomic mass is 32.2. The summed E-state index contributed by atoms with van der Waals surface area (Å²) >= 11 is 2.01. The molecule has 0 bridgehead atoms. The minimum atomic E-state index is 0.495. The molecule has 5 heteroatoms. The first-order valence-electron chi connectivity index (χ1n) is 4.95. The zero-order valence-corrected chi connectivity index (χ0v) is 9.14. The zero-order valence-electron chi connectivity index (χ0n) is 8.32. The van der Waals surface area contributed by atoms with E-state index in [0.717, 1.165) is 11.7 Å². The van der Waals surface area contributed by atoms with Gasteiger partial charge in [-0.25, -0.2) is 0 Å². The molecule has 1 aromatic rings. The van der Waals surface area contributed by atoms with Crippen LogP contribution in [0.3, 0.4) is 0 Å². The maximum atomic E-state index is 5.25. The Morgan fingerprint density at radius 2 is 2.29 bits per heavy atom. The minimum absolute atomic E-state index is 0.495. The summed E-state index contributed by atoms with van der Waals surface area (Å²) < 4.78 is 5.25.